The van der Waals surface area contributed by atoms with Crippen molar-refractivity contribution in [3.05, 3.63) is 0 Å². The van der Waals surface area contributed by atoms with Crippen LogP contribution in [0.1, 0.15) is 20.3 Å². The molecule has 3 N–H and O–H groups in total. The maximum Gasteiger partial charge on any atom is 0.293 e. The van der Waals surface area contributed by atoms with E-state index in [9.17, 15) is 13.5 Å². The number of hydrogen-bond donors (Lipinski definition) is 3. The summed E-state index contributed by atoms with van der Waals surface area (Å²) in [6, 6.07) is 0. The molecule has 0 aromatic carbocycles. The Morgan fingerprint density at radius 1 is 1.25 bits per heavy atom. The standard InChI is InChI=1S/C9H21NO5S/c1-8(2)3-4-10(5-6-11)7-9(12)16(13,14)15/h8-9,11-12H,3-7H2,1-2H3,(H,13,14,15). The van der Waals surface area contributed by atoms with Crippen LogP contribution in [0.15, 0.2) is 0 Å². The van der Waals surface area contributed by atoms with Gasteiger partial charge in [0.25, 0.3) is 10.1 Å². The Labute approximate surface area is 96.6 Å². The molecule has 0 amide bonds. The van der Waals surface area contributed by atoms with Crippen LogP contribution in [0.2, 0.25) is 0 Å². The van der Waals surface area contributed by atoms with E-state index in [0.717, 1.165) is 6.42 Å². The molecule has 0 heterocycles. The van der Waals surface area contributed by atoms with Gasteiger partial charge in [0.1, 0.15) is 0 Å². The zero-order valence-electron chi connectivity index (χ0n) is 9.70. The molecule has 7 heteroatoms. The maximum absolute atomic E-state index is 10.6. The Morgan fingerprint density at radius 3 is 2.19 bits per heavy atom. The first kappa shape index (κ1) is 15.8. The predicted molar refractivity (Wildman–Crippen MR) is 60.5 cm³/mol. The molecule has 98 valence electrons. The summed E-state index contributed by atoms with van der Waals surface area (Å²) in [7, 11) is -4.42. The first-order valence-corrected chi connectivity index (χ1v) is 6.75. The number of rotatable bonds is 8. The van der Waals surface area contributed by atoms with Crippen molar-refractivity contribution in [1.29, 1.82) is 0 Å². The van der Waals surface area contributed by atoms with E-state index in [1.807, 2.05) is 13.8 Å². The first-order chi connectivity index (χ1) is 7.27. The molecule has 0 aliphatic rings. The van der Waals surface area contributed by atoms with Gasteiger partial charge in [0.15, 0.2) is 5.44 Å². The Kier molecular flexibility index (Phi) is 7.09. The van der Waals surface area contributed by atoms with Crippen molar-refractivity contribution in [2.45, 2.75) is 25.7 Å². The molecule has 0 aromatic heterocycles. The molecule has 0 rings (SSSR count). The molecule has 0 radical (unpaired) electrons. The van der Waals surface area contributed by atoms with Gasteiger partial charge in [0.2, 0.25) is 0 Å². The maximum atomic E-state index is 10.6. The fraction of sp³-hybridized carbons (Fsp3) is 1.00. The van der Waals surface area contributed by atoms with Crippen LogP contribution in [0, 0.1) is 5.92 Å². The molecular weight excluding hydrogens is 234 g/mol. The first-order valence-electron chi connectivity index (χ1n) is 5.25. The van der Waals surface area contributed by atoms with Gasteiger partial charge in [0.05, 0.1) is 6.61 Å². The van der Waals surface area contributed by atoms with Crippen LogP contribution in [-0.2, 0) is 10.1 Å². The van der Waals surface area contributed by atoms with Gasteiger partial charge in [-0.15, -0.1) is 0 Å². The topological polar surface area (TPSA) is 98.1 Å². The van der Waals surface area contributed by atoms with E-state index in [4.69, 9.17) is 9.66 Å². The quantitative estimate of drug-likeness (QED) is 0.507. The summed E-state index contributed by atoms with van der Waals surface area (Å²) in [6.07, 6.45) is 0.832. The monoisotopic (exact) mass is 255 g/mol. The zero-order valence-corrected chi connectivity index (χ0v) is 10.5. The minimum Gasteiger partial charge on any atom is -0.395 e. The lowest BCUT2D eigenvalue weighted by atomic mass is 10.1. The number of aliphatic hydroxyl groups excluding tert-OH is 2. The number of hydrogen-bond acceptors (Lipinski definition) is 5. The highest BCUT2D eigenvalue weighted by Gasteiger charge is 2.22. The van der Waals surface area contributed by atoms with Crippen LogP contribution in [-0.4, -0.2) is 59.8 Å². The molecule has 0 bridgehead atoms. The van der Waals surface area contributed by atoms with Gasteiger partial charge < -0.3 is 10.2 Å². The summed E-state index contributed by atoms with van der Waals surface area (Å²) in [4.78, 5) is 1.61. The van der Waals surface area contributed by atoms with Gasteiger partial charge in [-0.1, -0.05) is 13.8 Å². The predicted octanol–water partition coefficient (Wildman–Crippen LogP) is -0.467. The summed E-state index contributed by atoms with van der Waals surface area (Å²) in [5, 5.41) is 18.0. The molecule has 0 aromatic rings. The van der Waals surface area contributed by atoms with Crippen LogP contribution in [0.4, 0.5) is 0 Å². The largest absolute Gasteiger partial charge is 0.395 e. The van der Waals surface area contributed by atoms with Crippen LogP contribution in [0.25, 0.3) is 0 Å². The van der Waals surface area contributed by atoms with E-state index in [2.05, 4.69) is 0 Å². The summed E-state index contributed by atoms with van der Waals surface area (Å²) >= 11 is 0. The van der Waals surface area contributed by atoms with Gasteiger partial charge in [-0.25, -0.2) is 0 Å². The summed E-state index contributed by atoms with van der Waals surface area (Å²) in [5.74, 6) is 0.448. The summed E-state index contributed by atoms with van der Waals surface area (Å²) < 4.78 is 29.9. The van der Waals surface area contributed by atoms with Crippen LogP contribution in [0.5, 0.6) is 0 Å². The van der Waals surface area contributed by atoms with Crippen LogP contribution >= 0.6 is 0 Å². The van der Waals surface area contributed by atoms with Crippen molar-refractivity contribution >= 4 is 10.1 Å². The Hall–Kier alpha value is -0.210. The van der Waals surface area contributed by atoms with Gasteiger partial charge >= 0.3 is 0 Å². The van der Waals surface area contributed by atoms with Crippen LogP contribution < -0.4 is 0 Å². The Bertz CT molecular complexity index is 278. The van der Waals surface area contributed by atoms with E-state index in [1.165, 1.54) is 0 Å². The van der Waals surface area contributed by atoms with Crippen molar-refractivity contribution < 1.29 is 23.2 Å². The molecule has 16 heavy (non-hydrogen) atoms. The lowest BCUT2D eigenvalue weighted by Gasteiger charge is -2.23. The molecule has 6 nitrogen and oxygen atoms in total. The SMILES string of the molecule is CC(C)CCN(CCO)CC(O)S(=O)(=O)O. The van der Waals surface area contributed by atoms with E-state index in [1.54, 1.807) is 4.90 Å². The molecule has 0 fully saturated rings. The molecule has 0 saturated heterocycles. The third-order valence-electron chi connectivity index (χ3n) is 2.20. The van der Waals surface area contributed by atoms with Crippen molar-refractivity contribution in [2.24, 2.45) is 5.92 Å². The second-order valence-electron chi connectivity index (χ2n) is 4.18. The van der Waals surface area contributed by atoms with Crippen molar-refractivity contribution in [2.75, 3.05) is 26.2 Å². The highest BCUT2D eigenvalue weighted by atomic mass is 32.2. The van der Waals surface area contributed by atoms with Crippen molar-refractivity contribution in [3.63, 3.8) is 0 Å². The summed E-state index contributed by atoms with van der Waals surface area (Å²) in [6.45, 7) is 4.60. The lowest BCUT2D eigenvalue weighted by molar-refractivity contribution is 0.132. The zero-order chi connectivity index (χ0) is 12.8. The highest BCUT2D eigenvalue weighted by molar-refractivity contribution is 7.86. The van der Waals surface area contributed by atoms with Crippen molar-refractivity contribution in [1.82, 2.24) is 4.90 Å². The Balaban J connectivity index is 4.22. The summed E-state index contributed by atoms with van der Waals surface area (Å²) in [5.41, 5.74) is -1.81. The fourth-order valence-electron chi connectivity index (χ4n) is 1.19. The molecule has 0 saturated carbocycles. The van der Waals surface area contributed by atoms with Gasteiger partial charge in [-0.3, -0.25) is 9.45 Å². The molecule has 1 unspecified atom stereocenters. The van der Waals surface area contributed by atoms with Gasteiger partial charge in [0, 0.05) is 13.1 Å². The third-order valence-corrected chi connectivity index (χ3v) is 3.03. The van der Waals surface area contributed by atoms with Crippen molar-refractivity contribution in [3.8, 4) is 0 Å². The van der Waals surface area contributed by atoms with E-state index in [0.29, 0.717) is 12.5 Å². The molecule has 0 aliphatic carbocycles. The molecule has 1 atom stereocenters. The van der Waals surface area contributed by atoms with E-state index >= 15 is 0 Å². The highest BCUT2D eigenvalue weighted by Crippen LogP contribution is 2.04. The number of nitrogens with zero attached hydrogens (tertiary/aromatic N) is 1. The normalized spacial score (nSPS) is 14.7. The average Bonchev–Trinajstić information content (AvgIpc) is 2.12. The third kappa shape index (κ3) is 7.13. The lowest BCUT2D eigenvalue weighted by Crippen LogP contribution is -2.39. The average molecular weight is 255 g/mol. The second kappa shape index (κ2) is 7.18. The smallest absolute Gasteiger partial charge is 0.293 e. The molecule has 0 spiro atoms. The van der Waals surface area contributed by atoms with Crippen LogP contribution in [0.3, 0.4) is 0 Å². The minimum atomic E-state index is -4.42. The number of aliphatic hydroxyl groups is 2. The second-order valence-corrected chi connectivity index (χ2v) is 5.75. The minimum absolute atomic E-state index is 0.115. The molecule has 0 aliphatic heterocycles. The van der Waals surface area contributed by atoms with Gasteiger partial charge in [-0.2, -0.15) is 8.42 Å². The fourth-order valence-corrected chi connectivity index (χ4v) is 1.59. The Morgan fingerprint density at radius 2 is 1.81 bits per heavy atom. The van der Waals surface area contributed by atoms with Gasteiger partial charge in [-0.05, 0) is 18.9 Å². The van der Waals surface area contributed by atoms with E-state index in [-0.39, 0.29) is 19.7 Å². The van der Waals surface area contributed by atoms with E-state index < -0.39 is 15.6 Å². The molecular formula is C9H21NO5S.